The first-order valence-corrected chi connectivity index (χ1v) is 10.8. The third-order valence-corrected chi connectivity index (χ3v) is 6.61. The number of carboxylic acid groups (broad SMARTS) is 1. The van der Waals surface area contributed by atoms with Gasteiger partial charge in [-0.2, -0.15) is 16.4 Å². The number of thioether (sulfide) groups is 1. The van der Waals surface area contributed by atoms with Crippen LogP contribution >= 0.6 is 23.1 Å². The molecule has 146 valence electrons. The summed E-state index contributed by atoms with van der Waals surface area (Å²) in [5.74, 6) is 1.88. The molecule has 4 rings (SSSR count). The van der Waals surface area contributed by atoms with E-state index in [1.165, 1.54) is 0 Å². The third-order valence-electron chi connectivity index (χ3n) is 4.48. The van der Waals surface area contributed by atoms with E-state index in [1.807, 2.05) is 17.5 Å². The number of benzene rings is 1. The van der Waals surface area contributed by atoms with Gasteiger partial charge in [0.2, 0.25) is 0 Å². The van der Waals surface area contributed by atoms with E-state index in [9.17, 15) is 9.90 Å². The number of thiophene rings is 1. The number of aromatic amines is 1. The molecule has 1 aliphatic heterocycles. The quantitative estimate of drug-likeness (QED) is 0.541. The maximum atomic E-state index is 11.5. The number of fused-ring (bicyclic) bond motifs is 3. The second-order valence-electron chi connectivity index (χ2n) is 6.90. The fourth-order valence-electron chi connectivity index (χ4n) is 3.23. The number of hydrogen-bond donors (Lipinski definition) is 2. The van der Waals surface area contributed by atoms with E-state index in [4.69, 9.17) is 9.47 Å². The maximum absolute atomic E-state index is 11.5. The number of carbonyl (C=O) groups is 1. The summed E-state index contributed by atoms with van der Waals surface area (Å²) in [4.78, 5) is 12.5. The van der Waals surface area contributed by atoms with Crippen LogP contribution in [0.5, 0.6) is 11.5 Å². The Morgan fingerprint density at radius 3 is 2.96 bits per heavy atom. The maximum Gasteiger partial charge on any atom is 0.354 e. The zero-order chi connectivity index (χ0) is 19.8. The van der Waals surface area contributed by atoms with Gasteiger partial charge in [0.15, 0.2) is 5.69 Å². The van der Waals surface area contributed by atoms with Crippen LogP contribution in [-0.4, -0.2) is 34.1 Å². The predicted molar refractivity (Wildman–Crippen MR) is 111 cm³/mol. The molecule has 3 heterocycles. The Hall–Kier alpha value is -2.45. The van der Waals surface area contributed by atoms with Crippen molar-refractivity contribution in [2.75, 3.05) is 12.9 Å². The van der Waals surface area contributed by atoms with Gasteiger partial charge in [0.1, 0.15) is 23.8 Å². The summed E-state index contributed by atoms with van der Waals surface area (Å²) in [6.45, 7) is 4.50. The van der Waals surface area contributed by atoms with Crippen LogP contribution in [0.3, 0.4) is 0 Å². The van der Waals surface area contributed by atoms with Gasteiger partial charge in [-0.1, -0.05) is 13.8 Å². The highest BCUT2D eigenvalue weighted by Gasteiger charge is 2.31. The zero-order valence-corrected chi connectivity index (χ0v) is 17.4. The highest BCUT2D eigenvalue weighted by molar-refractivity contribution is 7.99. The van der Waals surface area contributed by atoms with Crippen molar-refractivity contribution in [2.45, 2.75) is 25.3 Å². The van der Waals surface area contributed by atoms with E-state index < -0.39 is 5.97 Å². The standard InChI is InChI=1S/C20H20N2O4S2/c1-10(2)8-28-14-6-12-16-13(17(20(23)24)22-21-16)7-26-18(12)15(19(14)25-3)11-4-5-27-9-11/h4-6,9-10H,7-8H2,1-3H3,(H,21,22)(H,23,24). The van der Waals surface area contributed by atoms with Crippen LogP contribution in [0.4, 0.5) is 0 Å². The van der Waals surface area contributed by atoms with Crippen molar-refractivity contribution in [3.8, 4) is 33.9 Å². The fourth-order valence-corrected chi connectivity index (χ4v) is 4.91. The van der Waals surface area contributed by atoms with Crippen molar-refractivity contribution in [1.29, 1.82) is 0 Å². The van der Waals surface area contributed by atoms with Gasteiger partial charge in [-0.3, -0.25) is 5.10 Å². The minimum Gasteiger partial charge on any atom is -0.495 e. The Kier molecular flexibility index (Phi) is 5.07. The lowest BCUT2D eigenvalue weighted by atomic mass is 9.96. The van der Waals surface area contributed by atoms with E-state index >= 15 is 0 Å². The van der Waals surface area contributed by atoms with E-state index in [2.05, 4.69) is 29.4 Å². The molecule has 2 N–H and O–H groups in total. The van der Waals surface area contributed by atoms with Crippen LogP contribution < -0.4 is 9.47 Å². The predicted octanol–water partition coefficient (Wildman–Crippen LogP) is 5.15. The highest BCUT2D eigenvalue weighted by atomic mass is 32.2. The van der Waals surface area contributed by atoms with Gasteiger partial charge in [0.05, 0.1) is 23.1 Å². The molecule has 0 spiro atoms. The van der Waals surface area contributed by atoms with E-state index in [1.54, 1.807) is 30.2 Å². The molecule has 0 radical (unpaired) electrons. The van der Waals surface area contributed by atoms with Crippen LogP contribution in [0.15, 0.2) is 27.8 Å². The molecule has 0 bridgehead atoms. The van der Waals surface area contributed by atoms with Crippen molar-refractivity contribution in [2.24, 2.45) is 5.92 Å². The number of nitrogens with zero attached hydrogens (tertiary/aromatic N) is 1. The Balaban J connectivity index is 1.96. The minimum atomic E-state index is -1.04. The molecule has 0 atom stereocenters. The summed E-state index contributed by atoms with van der Waals surface area (Å²) in [5, 5.41) is 20.4. The summed E-state index contributed by atoms with van der Waals surface area (Å²) < 4.78 is 11.9. The molecule has 0 saturated heterocycles. The number of methoxy groups -OCH3 is 1. The first-order chi connectivity index (χ1) is 13.5. The van der Waals surface area contributed by atoms with Gasteiger partial charge in [-0.05, 0) is 34.4 Å². The van der Waals surface area contributed by atoms with Crippen LogP contribution in [0.2, 0.25) is 0 Å². The normalized spacial score (nSPS) is 12.4. The van der Waals surface area contributed by atoms with Gasteiger partial charge in [-0.15, -0.1) is 11.8 Å². The molecule has 1 aliphatic rings. The topological polar surface area (TPSA) is 84.4 Å². The molecule has 0 aliphatic carbocycles. The highest BCUT2D eigenvalue weighted by Crippen LogP contribution is 2.52. The van der Waals surface area contributed by atoms with Crippen LogP contribution in [0, 0.1) is 5.92 Å². The summed E-state index contributed by atoms with van der Waals surface area (Å²) in [5.41, 5.74) is 3.97. The minimum absolute atomic E-state index is 0.0740. The number of aromatic carboxylic acids is 1. The molecule has 0 fully saturated rings. The molecule has 28 heavy (non-hydrogen) atoms. The molecular formula is C20H20N2O4S2. The Bertz CT molecular complexity index is 1030. The molecule has 0 amide bonds. The molecule has 8 heteroatoms. The molecule has 1 aromatic carbocycles. The van der Waals surface area contributed by atoms with Gasteiger partial charge in [0.25, 0.3) is 0 Å². The van der Waals surface area contributed by atoms with Crippen molar-refractivity contribution in [3.05, 3.63) is 34.2 Å². The second-order valence-corrected chi connectivity index (χ2v) is 8.74. The number of carboxylic acids is 1. The molecule has 0 unspecified atom stereocenters. The van der Waals surface area contributed by atoms with Crippen molar-refractivity contribution in [3.63, 3.8) is 0 Å². The number of rotatable bonds is 6. The van der Waals surface area contributed by atoms with Gasteiger partial charge >= 0.3 is 5.97 Å². The molecule has 6 nitrogen and oxygen atoms in total. The number of hydrogen-bond acceptors (Lipinski definition) is 6. The first kappa shape index (κ1) is 18.9. The van der Waals surface area contributed by atoms with Crippen molar-refractivity contribution < 1.29 is 19.4 Å². The number of aromatic nitrogens is 2. The largest absolute Gasteiger partial charge is 0.495 e. The lowest BCUT2D eigenvalue weighted by molar-refractivity contribution is 0.0687. The van der Waals surface area contributed by atoms with E-state index in [-0.39, 0.29) is 12.3 Å². The smallest absolute Gasteiger partial charge is 0.354 e. The third kappa shape index (κ3) is 3.16. The number of ether oxygens (including phenoxy) is 2. The number of nitrogens with one attached hydrogen (secondary N) is 1. The summed E-state index contributed by atoms with van der Waals surface area (Å²) in [7, 11) is 1.67. The monoisotopic (exact) mass is 416 g/mol. The average Bonchev–Trinajstić information content (AvgIpc) is 3.34. The molecular weight excluding hydrogens is 396 g/mol. The van der Waals surface area contributed by atoms with Crippen molar-refractivity contribution in [1.82, 2.24) is 10.2 Å². The zero-order valence-electron chi connectivity index (χ0n) is 15.7. The SMILES string of the molecule is COc1c(SCC(C)C)cc2c(c1-c1ccsc1)OCc1c-2n[nH]c1C(=O)O. The van der Waals surface area contributed by atoms with Gasteiger partial charge < -0.3 is 14.6 Å². The lowest BCUT2D eigenvalue weighted by Crippen LogP contribution is -2.10. The van der Waals surface area contributed by atoms with Gasteiger partial charge in [-0.25, -0.2) is 4.79 Å². The Morgan fingerprint density at radius 2 is 2.32 bits per heavy atom. The van der Waals surface area contributed by atoms with Crippen molar-refractivity contribution >= 4 is 29.1 Å². The fraction of sp³-hybridized carbons (Fsp3) is 0.300. The lowest BCUT2D eigenvalue weighted by Gasteiger charge is -2.24. The van der Waals surface area contributed by atoms with Gasteiger partial charge in [0, 0.05) is 11.3 Å². The molecule has 0 saturated carbocycles. The molecule has 2 aromatic heterocycles. The molecule has 3 aromatic rings. The number of H-pyrrole nitrogens is 1. The van der Waals surface area contributed by atoms with Crippen LogP contribution in [0.25, 0.3) is 22.4 Å². The Labute approximate surface area is 170 Å². The first-order valence-electron chi connectivity index (χ1n) is 8.85. The van der Waals surface area contributed by atoms with E-state index in [0.29, 0.717) is 22.9 Å². The Morgan fingerprint density at radius 1 is 1.50 bits per heavy atom. The summed E-state index contributed by atoms with van der Waals surface area (Å²) >= 11 is 3.32. The second kappa shape index (κ2) is 7.52. The van der Waals surface area contributed by atoms with Crippen LogP contribution in [0.1, 0.15) is 29.9 Å². The summed E-state index contributed by atoms with van der Waals surface area (Å²) in [6.07, 6.45) is 0. The average molecular weight is 417 g/mol. The summed E-state index contributed by atoms with van der Waals surface area (Å²) in [6, 6.07) is 4.04. The van der Waals surface area contributed by atoms with E-state index in [0.717, 1.165) is 33.1 Å². The van der Waals surface area contributed by atoms with Crippen LogP contribution in [-0.2, 0) is 6.61 Å².